The minimum absolute atomic E-state index is 0.0239. The maximum Gasteiger partial charge on any atom is 0.221 e. The zero-order valence-corrected chi connectivity index (χ0v) is 11.6. The molecule has 1 rings (SSSR count). The standard InChI is InChI=1S/C15H24N2O/c1-4-12-5-7-13(8-6-12)15(11(2)3)17-14(18)9-10-16/h5-8,11,15H,4,9-10,16H2,1-3H3,(H,17,18). The highest BCUT2D eigenvalue weighted by Crippen LogP contribution is 2.22. The first-order valence-corrected chi connectivity index (χ1v) is 6.66. The number of nitrogens with one attached hydrogen (secondary N) is 1. The van der Waals surface area contributed by atoms with Gasteiger partial charge in [0.25, 0.3) is 0 Å². The van der Waals surface area contributed by atoms with Crippen LogP contribution in [0, 0.1) is 5.92 Å². The van der Waals surface area contributed by atoms with E-state index in [1.165, 1.54) is 5.56 Å². The van der Waals surface area contributed by atoms with Gasteiger partial charge in [-0.2, -0.15) is 0 Å². The Labute approximate surface area is 110 Å². The number of hydrogen-bond acceptors (Lipinski definition) is 2. The predicted octanol–water partition coefficient (Wildman–Crippen LogP) is 2.41. The molecule has 3 heteroatoms. The third kappa shape index (κ3) is 4.15. The van der Waals surface area contributed by atoms with Crippen LogP contribution in [0.3, 0.4) is 0 Å². The molecule has 0 aliphatic carbocycles. The summed E-state index contributed by atoms with van der Waals surface area (Å²) in [5.74, 6) is 0.384. The van der Waals surface area contributed by atoms with E-state index in [9.17, 15) is 4.79 Å². The summed E-state index contributed by atoms with van der Waals surface area (Å²) in [4.78, 5) is 11.7. The van der Waals surface area contributed by atoms with E-state index >= 15 is 0 Å². The van der Waals surface area contributed by atoms with E-state index in [0.29, 0.717) is 18.9 Å². The van der Waals surface area contributed by atoms with Crippen molar-refractivity contribution in [2.45, 2.75) is 39.7 Å². The molecule has 0 saturated heterocycles. The maximum absolute atomic E-state index is 11.7. The van der Waals surface area contributed by atoms with Gasteiger partial charge in [-0.25, -0.2) is 0 Å². The molecule has 100 valence electrons. The Morgan fingerprint density at radius 1 is 1.28 bits per heavy atom. The van der Waals surface area contributed by atoms with E-state index < -0.39 is 0 Å². The highest BCUT2D eigenvalue weighted by Gasteiger charge is 2.17. The van der Waals surface area contributed by atoms with Crippen LogP contribution in [-0.4, -0.2) is 12.5 Å². The third-order valence-electron chi connectivity index (χ3n) is 3.10. The Morgan fingerprint density at radius 2 is 1.89 bits per heavy atom. The zero-order chi connectivity index (χ0) is 13.5. The average Bonchev–Trinajstić information content (AvgIpc) is 2.36. The van der Waals surface area contributed by atoms with Crippen molar-refractivity contribution in [2.24, 2.45) is 11.7 Å². The lowest BCUT2D eigenvalue weighted by molar-refractivity contribution is -0.122. The first-order valence-electron chi connectivity index (χ1n) is 6.66. The van der Waals surface area contributed by atoms with Gasteiger partial charge in [-0.3, -0.25) is 4.79 Å². The average molecular weight is 248 g/mol. The molecule has 0 aliphatic heterocycles. The number of hydrogen-bond donors (Lipinski definition) is 2. The van der Waals surface area contributed by atoms with Gasteiger partial charge in [-0.15, -0.1) is 0 Å². The summed E-state index contributed by atoms with van der Waals surface area (Å²) < 4.78 is 0. The van der Waals surface area contributed by atoms with Crippen molar-refractivity contribution >= 4 is 5.91 Å². The van der Waals surface area contributed by atoms with Crippen LogP contribution in [0.4, 0.5) is 0 Å². The van der Waals surface area contributed by atoms with Gasteiger partial charge >= 0.3 is 0 Å². The van der Waals surface area contributed by atoms with E-state index in [-0.39, 0.29) is 11.9 Å². The monoisotopic (exact) mass is 248 g/mol. The van der Waals surface area contributed by atoms with Crippen molar-refractivity contribution in [2.75, 3.05) is 6.54 Å². The Bertz CT molecular complexity index is 371. The minimum atomic E-state index is 0.0239. The summed E-state index contributed by atoms with van der Waals surface area (Å²) in [5.41, 5.74) is 7.87. The van der Waals surface area contributed by atoms with Crippen LogP contribution >= 0.6 is 0 Å². The van der Waals surface area contributed by atoms with Gasteiger partial charge < -0.3 is 11.1 Å². The fourth-order valence-corrected chi connectivity index (χ4v) is 1.97. The number of nitrogens with two attached hydrogens (primary N) is 1. The molecule has 1 amide bonds. The smallest absolute Gasteiger partial charge is 0.221 e. The Kier molecular flexibility index (Phi) is 5.86. The first kappa shape index (κ1) is 14.7. The van der Waals surface area contributed by atoms with Gasteiger partial charge in [-0.05, 0) is 23.5 Å². The van der Waals surface area contributed by atoms with E-state index in [1.807, 2.05) is 0 Å². The van der Waals surface area contributed by atoms with E-state index in [1.54, 1.807) is 0 Å². The van der Waals surface area contributed by atoms with E-state index in [2.05, 4.69) is 50.4 Å². The highest BCUT2D eigenvalue weighted by atomic mass is 16.1. The molecule has 0 spiro atoms. The summed E-state index contributed by atoms with van der Waals surface area (Å²) in [7, 11) is 0. The Balaban J connectivity index is 2.80. The normalized spacial score (nSPS) is 12.5. The van der Waals surface area contributed by atoms with Crippen molar-refractivity contribution in [3.8, 4) is 0 Å². The molecule has 0 heterocycles. The third-order valence-corrected chi connectivity index (χ3v) is 3.10. The highest BCUT2D eigenvalue weighted by molar-refractivity contribution is 5.76. The minimum Gasteiger partial charge on any atom is -0.349 e. The molecule has 0 saturated carbocycles. The Morgan fingerprint density at radius 3 is 2.33 bits per heavy atom. The SMILES string of the molecule is CCc1ccc(C(NC(=O)CCN)C(C)C)cc1. The molecule has 0 bridgehead atoms. The fraction of sp³-hybridized carbons (Fsp3) is 0.533. The number of carbonyl (C=O) groups excluding carboxylic acids is 1. The second-order valence-corrected chi connectivity index (χ2v) is 4.92. The summed E-state index contributed by atoms with van der Waals surface area (Å²) in [5, 5.41) is 3.05. The number of benzene rings is 1. The van der Waals surface area contributed by atoms with Gasteiger partial charge in [0.2, 0.25) is 5.91 Å². The summed E-state index contributed by atoms with van der Waals surface area (Å²) in [6.07, 6.45) is 1.42. The summed E-state index contributed by atoms with van der Waals surface area (Å²) >= 11 is 0. The van der Waals surface area contributed by atoms with Crippen molar-refractivity contribution in [1.82, 2.24) is 5.32 Å². The van der Waals surface area contributed by atoms with Gasteiger partial charge in [-0.1, -0.05) is 45.0 Å². The fourth-order valence-electron chi connectivity index (χ4n) is 1.97. The van der Waals surface area contributed by atoms with Crippen molar-refractivity contribution in [3.05, 3.63) is 35.4 Å². The molecule has 0 radical (unpaired) electrons. The van der Waals surface area contributed by atoms with E-state index in [0.717, 1.165) is 12.0 Å². The van der Waals surface area contributed by atoms with Crippen LogP contribution in [0.25, 0.3) is 0 Å². The second kappa shape index (κ2) is 7.17. The quantitative estimate of drug-likeness (QED) is 0.812. The molecule has 1 aromatic rings. The molecule has 3 N–H and O–H groups in total. The molecule has 18 heavy (non-hydrogen) atoms. The van der Waals surface area contributed by atoms with Crippen LogP contribution in [0.1, 0.15) is 44.4 Å². The molecular weight excluding hydrogens is 224 g/mol. The van der Waals surface area contributed by atoms with Gasteiger partial charge in [0.1, 0.15) is 0 Å². The van der Waals surface area contributed by atoms with Crippen LogP contribution in [0.5, 0.6) is 0 Å². The molecule has 0 fully saturated rings. The number of amides is 1. The van der Waals surface area contributed by atoms with Gasteiger partial charge in [0.15, 0.2) is 0 Å². The lowest BCUT2D eigenvalue weighted by atomic mass is 9.94. The predicted molar refractivity (Wildman–Crippen MR) is 75.2 cm³/mol. The molecule has 3 nitrogen and oxygen atoms in total. The lowest BCUT2D eigenvalue weighted by Crippen LogP contribution is -2.32. The van der Waals surface area contributed by atoms with E-state index in [4.69, 9.17) is 5.73 Å². The van der Waals surface area contributed by atoms with Crippen molar-refractivity contribution in [1.29, 1.82) is 0 Å². The molecule has 1 atom stereocenters. The topological polar surface area (TPSA) is 55.1 Å². The number of aryl methyl sites for hydroxylation is 1. The molecule has 1 unspecified atom stereocenters. The zero-order valence-electron chi connectivity index (χ0n) is 11.6. The lowest BCUT2D eigenvalue weighted by Gasteiger charge is -2.23. The number of rotatable bonds is 6. The van der Waals surface area contributed by atoms with Crippen molar-refractivity contribution < 1.29 is 4.79 Å². The summed E-state index contributed by atoms with van der Waals surface area (Å²) in [6.45, 7) is 6.76. The molecular formula is C15H24N2O. The van der Waals surface area contributed by atoms with Gasteiger partial charge in [0.05, 0.1) is 6.04 Å². The summed E-state index contributed by atoms with van der Waals surface area (Å²) in [6, 6.07) is 8.52. The van der Waals surface area contributed by atoms with Gasteiger partial charge in [0, 0.05) is 13.0 Å². The van der Waals surface area contributed by atoms with Crippen molar-refractivity contribution in [3.63, 3.8) is 0 Å². The second-order valence-electron chi connectivity index (χ2n) is 4.92. The van der Waals surface area contributed by atoms with Crippen LogP contribution in [-0.2, 0) is 11.2 Å². The first-order chi connectivity index (χ1) is 8.58. The molecule has 0 aliphatic rings. The number of carbonyl (C=O) groups is 1. The molecule has 1 aromatic carbocycles. The van der Waals surface area contributed by atoms with Crippen LogP contribution < -0.4 is 11.1 Å². The van der Waals surface area contributed by atoms with Crippen LogP contribution in [0.15, 0.2) is 24.3 Å². The Hall–Kier alpha value is -1.35. The largest absolute Gasteiger partial charge is 0.349 e. The maximum atomic E-state index is 11.7. The molecule has 0 aromatic heterocycles. The van der Waals surface area contributed by atoms with Crippen LogP contribution in [0.2, 0.25) is 0 Å².